The van der Waals surface area contributed by atoms with Crippen LogP contribution in [0.5, 0.6) is 0 Å². The summed E-state index contributed by atoms with van der Waals surface area (Å²) < 4.78 is 2.99. The molecule has 0 spiro atoms. The maximum Gasteiger partial charge on any atom is 0.270 e. The zero-order chi connectivity index (χ0) is 15.4. The number of nitrogens with zero attached hydrogens (tertiary/aromatic N) is 2. The van der Waals surface area contributed by atoms with Crippen molar-refractivity contribution in [2.75, 3.05) is 7.05 Å². The van der Waals surface area contributed by atoms with E-state index in [2.05, 4.69) is 47.3 Å². The molecule has 3 nitrogen and oxygen atoms in total. The third kappa shape index (κ3) is 3.98. The van der Waals surface area contributed by atoms with Crippen molar-refractivity contribution in [3.63, 3.8) is 0 Å². The quantitative estimate of drug-likeness (QED) is 0.740. The zero-order valence-electron chi connectivity index (χ0n) is 12.7. The van der Waals surface area contributed by atoms with Gasteiger partial charge < -0.3 is 9.47 Å². The van der Waals surface area contributed by atoms with Crippen LogP contribution in [0, 0.1) is 0 Å². The lowest BCUT2D eigenvalue weighted by Gasteiger charge is -2.25. The van der Waals surface area contributed by atoms with Crippen molar-refractivity contribution in [1.29, 1.82) is 0 Å². The number of aromatic nitrogens is 1. The Bertz CT molecular complexity index is 591. The lowest BCUT2D eigenvalue weighted by molar-refractivity contribution is 0.0733. The molecule has 2 heterocycles. The first-order valence-electron chi connectivity index (χ1n) is 7.18. The minimum atomic E-state index is 0.0817. The Balaban J connectivity index is 2.11. The third-order valence-corrected chi connectivity index (χ3v) is 4.94. The number of carbonyl (C=O) groups is 1. The first-order valence-corrected chi connectivity index (χ1v) is 8.85. The van der Waals surface area contributed by atoms with E-state index >= 15 is 0 Å². The van der Waals surface area contributed by atoms with E-state index in [1.807, 2.05) is 28.8 Å². The fourth-order valence-electron chi connectivity index (χ4n) is 2.32. The number of aryl methyl sites for hydroxylation is 1. The smallest absolute Gasteiger partial charge is 0.270 e. The minimum Gasteiger partial charge on any atom is -0.342 e. The molecule has 0 bridgehead atoms. The summed E-state index contributed by atoms with van der Waals surface area (Å²) in [6, 6.07) is 6.26. The molecule has 0 aliphatic rings. The van der Waals surface area contributed by atoms with E-state index in [9.17, 15) is 4.79 Å². The van der Waals surface area contributed by atoms with Gasteiger partial charge in [-0.2, -0.15) is 0 Å². The fraction of sp³-hybridized carbons (Fsp3) is 0.438. The van der Waals surface area contributed by atoms with E-state index < -0.39 is 0 Å². The third-order valence-electron chi connectivity index (χ3n) is 3.61. The molecule has 1 atom stereocenters. The van der Waals surface area contributed by atoms with Crippen molar-refractivity contribution in [2.45, 2.75) is 39.3 Å². The van der Waals surface area contributed by atoms with Crippen LogP contribution in [-0.4, -0.2) is 28.5 Å². The Kier molecular flexibility index (Phi) is 5.65. The number of likely N-dealkylation sites (N-methyl/N-ethyl adjacent to an activating group) is 1. The summed E-state index contributed by atoms with van der Waals surface area (Å²) >= 11 is 5.21. The van der Waals surface area contributed by atoms with Crippen molar-refractivity contribution in [3.8, 4) is 0 Å². The van der Waals surface area contributed by atoms with Crippen LogP contribution < -0.4 is 0 Å². The second kappa shape index (κ2) is 7.27. The van der Waals surface area contributed by atoms with Crippen LogP contribution in [0.3, 0.4) is 0 Å². The second-order valence-corrected chi connectivity index (χ2v) is 7.23. The highest BCUT2D eigenvalue weighted by Gasteiger charge is 2.21. The molecule has 0 fully saturated rings. The largest absolute Gasteiger partial charge is 0.342 e. The number of carbonyl (C=O) groups excluding carboxylic acids is 1. The molecule has 21 heavy (non-hydrogen) atoms. The highest BCUT2D eigenvalue weighted by atomic mass is 79.9. The standard InChI is InChI=1S/C16H21BrN2OS/c1-4-7-19-11-13(17)10-15(19)16(20)18(3)12(2)9-14-6-5-8-21-14/h5-6,8,10-12H,4,7,9H2,1-3H3. The molecule has 1 amide bonds. The summed E-state index contributed by atoms with van der Waals surface area (Å²) in [6.45, 7) is 5.07. The van der Waals surface area contributed by atoms with Gasteiger partial charge in [-0.05, 0) is 46.8 Å². The number of halogens is 1. The Hall–Kier alpha value is -1.07. The predicted molar refractivity (Wildman–Crippen MR) is 92.0 cm³/mol. The van der Waals surface area contributed by atoms with Crippen molar-refractivity contribution < 1.29 is 4.79 Å². The molecular formula is C16H21BrN2OS. The molecule has 114 valence electrons. The molecule has 0 radical (unpaired) electrons. The molecule has 5 heteroatoms. The Morgan fingerprint density at radius 2 is 2.29 bits per heavy atom. The van der Waals surface area contributed by atoms with E-state index in [-0.39, 0.29) is 11.9 Å². The summed E-state index contributed by atoms with van der Waals surface area (Å²) in [4.78, 5) is 15.9. The molecule has 2 aromatic rings. The van der Waals surface area contributed by atoms with Crippen molar-refractivity contribution >= 4 is 33.2 Å². The van der Waals surface area contributed by atoms with Crippen LogP contribution in [0.25, 0.3) is 0 Å². The Morgan fingerprint density at radius 1 is 1.52 bits per heavy atom. The van der Waals surface area contributed by atoms with Gasteiger partial charge in [0.2, 0.25) is 0 Å². The number of thiophene rings is 1. The van der Waals surface area contributed by atoms with Gasteiger partial charge in [0.15, 0.2) is 0 Å². The average Bonchev–Trinajstić information content (AvgIpc) is 3.07. The molecule has 2 rings (SSSR count). The Labute approximate surface area is 138 Å². The maximum atomic E-state index is 12.7. The number of amides is 1. The molecule has 0 N–H and O–H groups in total. The lowest BCUT2D eigenvalue weighted by Crippen LogP contribution is -2.37. The number of hydrogen-bond donors (Lipinski definition) is 0. The summed E-state index contributed by atoms with van der Waals surface area (Å²) in [6.07, 6.45) is 3.89. The van der Waals surface area contributed by atoms with Gasteiger partial charge in [0.1, 0.15) is 5.69 Å². The highest BCUT2D eigenvalue weighted by Crippen LogP contribution is 2.19. The topological polar surface area (TPSA) is 25.2 Å². The van der Waals surface area contributed by atoms with Gasteiger partial charge >= 0.3 is 0 Å². The lowest BCUT2D eigenvalue weighted by atomic mass is 10.1. The van der Waals surface area contributed by atoms with E-state index in [0.717, 1.165) is 29.6 Å². The SMILES string of the molecule is CCCn1cc(Br)cc1C(=O)N(C)C(C)Cc1cccs1. The van der Waals surface area contributed by atoms with Crippen LogP contribution in [0.2, 0.25) is 0 Å². The average molecular weight is 369 g/mol. The maximum absolute atomic E-state index is 12.7. The van der Waals surface area contributed by atoms with Crippen molar-refractivity contribution in [2.24, 2.45) is 0 Å². The summed E-state index contributed by atoms with van der Waals surface area (Å²) in [5.41, 5.74) is 0.754. The molecule has 0 aromatic carbocycles. The summed E-state index contributed by atoms with van der Waals surface area (Å²) in [5.74, 6) is 0.0817. The predicted octanol–water partition coefficient (Wildman–Crippen LogP) is 4.43. The van der Waals surface area contributed by atoms with Gasteiger partial charge in [0.05, 0.1) is 0 Å². The van der Waals surface area contributed by atoms with E-state index in [1.54, 1.807) is 11.3 Å². The molecule has 0 aliphatic carbocycles. The summed E-state index contributed by atoms with van der Waals surface area (Å²) in [5, 5.41) is 2.08. The Morgan fingerprint density at radius 3 is 2.90 bits per heavy atom. The first-order chi connectivity index (χ1) is 10.0. The summed E-state index contributed by atoms with van der Waals surface area (Å²) in [7, 11) is 1.89. The van der Waals surface area contributed by atoms with Gasteiger partial charge in [-0.15, -0.1) is 11.3 Å². The fourth-order valence-corrected chi connectivity index (χ4v) is 3.61. The molecule has 0 saturated carbocycles. The molecule has 2 aromatic heterocycles. The van der Waals surface area contributed by atoms with Gasteiger partial charge in [0.25, 0.3) is 5.91 Å². The van der Waals surface area contributed by atoms with Crippen LogP contribution in [0.4, 0.5) is 0 Å². The van der Waals surface area contributed by atoms with Crippen LogP contribution in [-0.2, 0) is 13.0 Å². The molecule has 0 saturated heterocycles. The monoisotopic (exact) mass is 368 g/mol. The van der Waals surface area contributed by atoms with Gasteiger partial charge in [-0.25, -0.2) is 0 Å². The molecule has 1 unspecified atom stereocenters. The van der Waals surface area contributed by atoms with E-state index in [0.29, 0.717) is 0 Å². The van der Waals surface area contributed by atoms with Crippen molar-refractivity contribution in [1.82, 2.24) is 9.47 Å². The number of hydrogen-bond acceptors (Lipinski definition) is 2. The van der Waals surface area contributed by atoms with Crippen molar-refractivity contribution in [3.05, 3.63) is 44.8 Å². The minimum absolute atomic E-state index is 0.0817. The normalized spacial score (nSPS) is 12.4. The first kappa shape index (κ1) is 16.3. The zero-order valence-corrected chi connectivity index (χ0v) is 15.1. The van der Waals surface area contributed by atoms with E-state index in [1.165, 1.54) is 4.88 Å². The highest BCUT2D eigenvalue weighted by molar-refractivity contribution is 9.10. The van der Waals surface area contributed by atoms with Crippen LogP contribution >= 0.6 is 27.3 Å². The van der Waals surface area contributed by atoms with Crippen LogP contribution in [0.1, 0.15) is 35.6 Å². The molecule has 0 aliphatic heterocycles. The van der Waals surface area contributed by atoms with Crippen LogP contribution in [0.15, 0.2) is 34.2 Å². The van der Waals surface area contributed by atoms with Gasteiger partial charge in [-0.3, -0.25) is 4.79 Å². The second-order valence-electron chi connectivity index (χ2n) is 5.29. The number of rotatable bonds is 6. The molecular weight excluding hydrogens is 348 g/mol. The van der Waals surface area contributed by atoms with Gasteiger partial charge in [0, 0.05) is 41.6 Å². The van der Waals surface area contributed by atoms with E-state index in [4.69, 9.17) is 0 Å². The van der Waals surface area contributed by atoms with Gasteiger partial charge in [-0.1, -0.05) is 13.0 Å².